The third-order valence-corrected chi connectivity index (χ3v) is 4.76. The van der Waals surface area contributed by atoms with Crippen molar-refractivity contribution in [1.29, 1.82) is 0 Å². The Morgan fingerprint density at radius 3 is 2.28 bits per heavy atom. The molecule has 130 valence electrons. The summed E-state index contributed by atoms with van der Waals surface area (Å²) in [6.45, 7) is 0. The van der Waals surface area contributed by atoms with Crippen molar-refractivity contribution < 1.29 is 9.47 Å². The lowest BCUT2D eigenvalue weighted by molar-refractivity contribution is 0.372. The van der Waals surface area contributed by atoms with Crippen molar-refractivity contribution in [3.8, 4) is 23.4 Å². The Hall–Kier alpha value is -2.32. The summed E-state index contributed by atoms with van der Waals surface area (Å²) >= 11 is 7.48. The Bertz CT molecular complexity index is 847. The molecule has 0 atom stereocenters. The number of rotatable bonds is 6. The number of benzene rings is 1. The lowest BCUT2D eigenvalue weighted by Crippen LogP contribution is -2.02. The Balaban J connectivity index is 1.82. The van der Waals surface area contributed by atoms with Gasteiger partial charge >= 0.3 is 0 Å². The van der Waals surface area contributed by atoms with Crippen LogP contribution in [0.4, 0.5) is 0 Å². The number of halogens is 1. The van der Waals surface area contributed by atoms with Gasteiger partial charge in [-0.15, -0.1) is 10.2 Å². The summed E-state index contributed by atoms with van der Waals surface area (Å²) in [5, 5.41) is 9.90. The average Bonchev–Trinajstić information content (AvgIpc) is 3.01. The van der Waals surface area contributed by atoms with Gasteiger partial charge in [0.25, 0.3) is 0 Å². The molecule has 9 heteroatoms. The van der Waals surface area contributed by atoms with Gasteiger partial charge in [0.15, 0.2) is 5.16 Å². The van der Waals surface area contributed by atoms with Gasteiger partial charge in [0.1, 0.15) is 0 Å². The monoisotopic (exact) mass is 377 g/mol. The van der Waals surface area contributed by atoms with E-state index in [1.54, 1.807) is 17.8 Å². The first-order valence-corrected chi connectivity index (χ1v) is 8.71. The van der Waals surface area contributed by atoms with Crippen LogP contribution < -0.4 is 9.47 Å². The molecule has 0 saturated carbocycles. The van der Waals surface area contributed by atoms with E-state index in [2.05, 4.69) is 20.2 Å². The van der Waals surface area contributed by atoms with Crippen LogP contribution in [0, 0.1) is 0 Å². The zero-order valence-corrected chi connectivity index (χ0v) is 15.5. The molecule has 0 aliphatic rings. The minimum atomic E-state index is 0.393. The molecule has 0 aliphatic carbocycles. The van der Waals surface area contributed by atoms with E-state index >= 15 is 0 Å². The minimum Gasteiger partial charge on any atom is -0.481 e. The van der Waals surface area contributed by atoms with E-state index in [9.17, 15) is 0 Å². The molecule has 0 spiro atoms. The molecule has 0 bridgehead atoms. The average molecular weight is 378 g/mol. The smallest absolute Gasteiger partial charge is 0.220 e. The molecule has 0 aliphatic heterocycles. The highest BCUT2D eigenvalue weighted by Gasteiger charge is 2.16. The van der Waals surface area contributed by atoms with E-state index in [1.807, 2.05) is 35.9 Å². The number of aromatic nitrogens is 5. The van der Waals surface area contributed by atoms with Crippen LogP contribution in [0.25, 0.3) is 11.6 Å². The second-order valence-electron chi connectivity index (χ2n) is 5.06. The van der Waals surface area contributed by atoms with Crippen LogP contribution in [0.2, 0.25) is 5.02 Å². The second-order valence-corrected chi connectivity index (χ2v) is 6.44. The van der Waals surface area contributed by atoms with Crippen molar-refractivity contribution >= 4 is 23.4 Å². The van der Waals surface area contributed by atoms with Gasteiger partial charge in [0.2, 0.25) is 23.4 Å². The zero-order chi connectivity index (χ0) is 17.8. The SMILES string of the molecule is COc1cc(OC)nc(-c2nnc(SCc3ccc(Cl)cc3)n2C)n1. The van der Waals surface area contributed by atoms with Gasteiger partial charge < -0.3 is 14.0 Å². The highest BCUT2D eigenvalue weighted by atomic mass is 35.5. The summed E-state index contributed by atoms with van der Waals surface area (Å²) in [4.78, 5) is 8.62. The molecule has 3 rings (SSSR count). The van der Waals surface area contributed by atoms with Crippen LogP contribution >= 0.6 is 23.4 Å². The molecule has 0 saturated heterocycles. The number of nitrogens with zero attached hydrogens (tertiary/aromatic N) is 5. The van der Waals surface area contributed by atoms with Gasteiger partial charge in [-0.1, -0.05) is 35.5 Å². The molecule has 0 amide bonds. The summed E-state index contributed by atoms with van der Waals surface area (Å²) in [5.41, 5.74) is 1.15. The van der Waals surface area contributed by atoms with Crippen molar-refractivity contribution in [3.05, 3.63) is 40.9 Å². The molecule has 2 aromatic heterocycles. The third-order valence-electron chi connectivity index (χ3n) is 3.41. The fraction of sp³-hybridized carbons (Fsp3) is 0.250. The Morgan fingerprint density at radius 1 is 1.04 bits per heavy atom. The second kappa shape index (κ2) is 7.71. The first kappa shape index (κ1) is 17.5. The molecule has 0 N–H and O–H groups in total. The maximum absolute atomic E-state index is 5.91. The van der Waals surface area contributed by atoms with Crippen molar-refractivity contribution in [2.45, 2.75) is 10.9 Å². The van der Waals surface area contributed by atoms with Crippen LogP contribution in [0.3, 0.4) is 0 Å². The van der Waals surface area contributed by atoms with Crippen LogP contribution in [-0.4, -0.2) is 39.0 Å². The standard InChI is InChI=1S/C16H16ClN5O2S/c1-22-15(14-18-12(23-2)8-13(19-14)24-3)20-21-16(22)25-9-10-4-6-11(17)7-5-10/h4-8H,9H2,1-3H3. The van der Waals surface area contributed by atoms with E-state index in [0.29, 0.717) is 23.4 Å². The van der Waals surface area contributed by atoms with E-state index in [0.717, 1.165) is 21.5 Å². The van der Waals surface area contributed by atoms with E-state index < -0.39 is 0 Å². The van der Waals surface area contributed by atoms with Crippen LogP contribution in [0.15, 0.2) is 35.5 Å². The molecular formula is C16H16ClN5O2S. The van der Waals surface area contributed by atoms with Gasteiger partial charge in [0, 0.05) is 17.8 Å². The number of methoxy groups -OCH3 is 2. The van der Waals surface area contributed by atoms with Gasteiger partial charge in [-0.3, -0.25) is 0 Å². The van der Waals surface area contributed by atoms with Crippen molar-refractivity contribution in [1.82, 2.24) is 24.7 Å². The van der Waals surface area contributed by atoms with E-state index in [4.69, 9.17) is 21.1 Å². The van der Waals surface area contributed by atoms with E-state index in [-0.39, 0.29) is 0 Å². The fourth-order valence-electron chi connectivity index (χ4n) is 2.08. The Morgan fingerprint density at radius 2 is 1.68 bits per heavy atom. The maximum Gasteiger partial charge on any atom is 0.220 e. The number of hydrogen-bond donors (Lipinski definition) is 0. The lowest BCUT2D eigenvalue weighted by Gasteiger charge is -2.06. The summed E-state index contributed by atoms with van der Waals surface area (Å²) in [6.07, 6.45) is 0. The van der Waals surface area contributed by atoms with Gasteiger partial charge in [-0.25, -0.2) is 0 Å². The first-order chi connectivity index (χ1) is 12.1. The quantitative estimate of drug-likeness (QED) is 0.610. The number of hydrogen-bond acceptors (Lipinski definition) is 7. The fourth-order valence-corrected chi connectivity index (χ4v) is 3.07. The molecule has 1 aromatic carbocycles. The molecule has 0 fully saturated rings. The first-order valence-electron chi connectivity index (χ1n) is 7.34. The molecule has 25 heavy (non-hydrogen) atoms. The minimum absolute atomic E-state index is 0.393. The Labute approximate surface area is 154 Å². The summed E-state index contributed by atoms with van der Waals surface area (Å²) in [7, 11) is 4.94. The molecule has 2 heterocycles. The van der Waals surface area contributed by atoms with Crippen molar-refractivity contribution in [3.63, 3.8) is 0 Å². The van der Waals surface area contributed by atoms with Gasteiger partial charge in [-0.2, -0.15) is 9.97 Å². The Kier molecular flexibility index (Phi) is 5.40. The largest absolute Gasteiger partial charge is 0.481 e. The predicted octanol–water partition coefficient (Wildman–Crippen LogP) is 3.24. The molecular weight excluding hydrogens is 362 g/mol. The highest BCUT2D eigenvalue weighted by Crippen LogP contribution is 2.26. The number of ether oxygens (including phenoxy) is 2. The highest BCUT2D eigenvalue weighted by molar-refractivity contribution is 7.98. The molecule has 0 unspecified atom stereocenters. The van der Waals surface area contributed by atoms with Gasteiger partial charge in [0.05, 0.1) is 20.3 Å². The number of thioether (sulfide) groups is 1. The van der Waals surface area contributed by atoms with Crippen molar-refractivity contribution in [2.24, 2.45) is 7.05 Å². The van der Waals surface area contributed by atoms with Crippen LogP contribution in [0.5, 0.6) is 11.8 Å². The topological polar surface area (TPSA) is 75.0 Å². The zero-order valence-electron chi connectivity index (χ0n) is 13.9. The third kappa shape index (κ3) is 4.02. The van der Waals surface area contributed by atoms with E-state index in [1.165, 1.54) is 14.2 Å². The van der Waals surface area contributed by atoms with Crippen LogP contribution in [0.1, 0.15) is 5.56 Å². The van der Waals surface area contributed by atoms with Gasteiger partial charge in [-0.05, 0) is 17.7 Å². The lowest BCUT2D eigenvalue weighted by atomic mass is 10.2. The summed E-state index contributed by atoms with van der Waals surface area (Å²) < 4.78 is 12.2. The normalized spacial score (nSPS) is 10.7. The summed E-state index contributed by atoms with van der Waals surface area (Å²) in [6, 6.07) is 9.33. The maximum atomic E-state index is 5.91. The summed E-state index contributed by atoms with van der Waals surface area (Å²) in [5.74, 6) is 2.49. The predicted molar refractivity (Wildman–Crippen MR) is 96.1 cm³/mol. The molecule has 0 radical (unpaired) electrons. The van der Waals surface area contributed by atoms with Crippen LogP contribution in [-0.2, 0) is 12.8 Å². The molecule has 3 aromatic rings. The van der Waals surface area contributed by atoms with Crippen molar-refractivity contribution in [2.75, 3.05) is 14.2 Å². The molecule has 7 nitrogen and oxygen atoms in total.